The van der Waals surface area contributed by atoms with Crippen LogP contribution in [0, 0.1) is 0 Å². The fourth-order valence-electron chi connectivity index (χ4n) is 4.05. The first-order valence-electron chi connectivity index (χ1n) is 12.5. The quantitative estimate of drug-likeness (QED) is 0.146. The summed E-state index contributed by atoms with van der Waals surface area (Å²) in [5.74, 6) is 0. The molecule has 0 bridgehead atoms. The van der Waals surface area contributed by atoms with E-state index in [9.17, 15) is 18.1 Å². The van der Waals surface area contributed by atoms with E-state index in [0.29, 0.717) is 12.8 Å². The summed E-state index contributed by atoms with van der Waals surface area (Å²) in [5, 5.41) is 9.02. The van der Waals surface area contributed by atoms with Gasteiger partial charge in [-0.15, -0.1) is 0 Å². The zero-order valence-electron chi connectivity index (χ0n) is 20.4. The Kier molecular flexibility index (Phi) is 26.6. The largest absolute Gasteiger partial charge is 1.00 e. The fourth-order valence-corrected chi connectivity index (χ4v) is 4.96. The van der Waals surface area contributed by atoms with E-state index in [0.717, 1.165) is 77.0 Å². The molecule has 0 aromatic heterocycles. The van der Waals surface area contributed by atoms with E-state index in [1.54, 1.807) is 0 Å². The molecule has 6 heteroatoms. The molecule has 0 saturated heterocycles. The first-order chi connectivity index (χ1) is 13.9. The second kappa shape index (κ2) is 23.7. The van der Waals surface area contributed by atoms with Gasteiger partial charge in [-0.05, 0) is 25.7 Å². The SMILES string of the molecule is CCCCCCCCCCC(CCCCCCCCCC(O)CCC)S(=O)(=O)[O-].[K+]. The second-order valence-corrected chi connectivity index (χ2v) is 10.5. The summed E-state index contributed by atoms with van der Waals surface area (Å²) in [4.78, 5) is 0. The summed E-state index contributed by atoms with van der Waals surface area (Å²) in [6.07, 6.45) is 20.8. The van der Waals surface area contributed by atoms with Gasteiger partial charge >= 0.3 is 51.4 Å². The minimum Gasteiger partial charge on any atom is -0.748 e. The van der Waals surface area contributed by atoms with Crippen LogP contribution in [0.5, 0.6) is 0 Å². The van der Waals surface area contributed by atoms with Crippen LogP contribution in [0.15, 0.2) is 0 Å². The molecule has 0 fully saturated rings. The molecule has 0 radical (unpaired) electrons. The smallest absolute Gasteiger partial charge is 0.748 e. The first-order valence-corrected chi connectivity index (χ1v) is 14.0. The Hall–Kier alpha value is 1.51. The van der Waals surface area contributed by atoms with Crippen molar-refractivity contribution in [2.45, 2.75) is 154 Å². The Morgan fingerprint density at radius 1 is 0.600 bits per heavy atom. The van der Waals surface area contributed by atoms with Gasteiger partial charge in [0.2, 0.25) is 0 Å². The van der Waals surface area contributed by atoms with E-state index in [-0.39, 0.29) is 57.5 Å². The molecule has 0 aromatic carbocycles. The zero-order chi connectivity index (χ0) is 21.8. The van der Waals surface area contributed by atoms with Crippen molar-refractivity contribution in [3.8, 4) is 0 Å². The Morgan fingerprint density at radius 3 is 1.33 bits per heavy atom. The third kappa shape index (κ3) is 22.7. The normalized spacial score (nSPS) is 13.7. The fraction of sp³-hybridized carbons (Fsp3) is 1.00. The molecule has 0 aromatic rings. The molecule has 0 heterocycles. The van der Waals surface area contributed by atoms with Gasteiger partial charge in [0.05, 0.1) is 16.2 Å². The Morgan fingerprint density at radius 2 is 0.967 bits per heavy atom. The summed E-state index contributed by atoms with van der Waals surface area (Å²) in [6.45, 7) is 4.31. The third-order valence-corrected chi connectivity index (χ3v) is 7.26. The van der Waals surface area contributed by atoms with Gasteiger partial charge < -0.3 is 9.66 Å². The van der Waals surface area contributed by atoms with Crippen molar-refractivity contribution in [1.29, 1.82) is 0 Å². The van der Waals surface area contributed by atoms with Crippen LogP contribution < -0.4 is 51.4 Å². The van der Waals surface area contributed by atoms with E-state index in [1.807, 2.05) is 0 Å². The topological polar surface area (TPSA) is 77.4 Å². The predicted octanol–water partition coefficient (Wildman–Crippen LogP) is 4.11. The van der Waals surface area contributed by atoms with Crippen LogP contribution in [-0.4, -0.2) is 29.4 Å². The number of unbranched alkanes of at least 4 members (excludes halogenated alkanes) is 13. The molecule has 0 aliphatic carbocycles. The van der Waals surface area contributed by atoms with Gasteiger partial charge in [0.25, 0.3) is 0 Å². The van der Waals surface area contributed by atoms with E-state index < -0.39 is 15.4 Å². The van der Waals surface area contributed by atoms with Crippen molar-refractivity contribution in [2.24, 2.45) is 0 Å². The molecule has 2 unspecified atom stereocenters. The maximum absolute atomic E-state index is 11.5. The molecule has 0 aliphatic heterocycles. The Balaban J connectivity index is 0. The number of aliphatic hydroxyl groups excluding tert-OH is 1. The van der Waals surface area contributed by atoms with E-state index >= 15 is 0 Å². The van der Waals surface area contributed by atoms with E-state index in [2.05, 4.69) is 13.8 Å². The maximum atomic E-state index is 11.5. The number of aliphatic hydroxyl groups is 1. The molecule has 2 atom stereocenters. The minimum atomic E-state index is -4.16. The van der Waals surface area contributed by atoms with Gasteiger partial charge in [-0.25, -0.2) is 8.42 Å². The van der Waals surface area contributed by atoms with Gasteiger partial charge in [0.1, 0.15) is 0 Å². The molecule has 176 valence electrons. The van der Waals surface area contributed by atoms with Crippen molar-refractivity contribution in [1.82, 2.24) is 0 Å². The average molecular weight is 473 g/mol. The van der Waals surface area contributed by atoms with Crippen molar-refractivity contribution >= 4 is 10.1 Å². The maximum Gasteiger partial charge on any atom is 1.00 e. The molecule has 0 aliphatic rings. The Bertz CT molecular complexity index is 442. The van der Waals surface area contributed by atoms with Gasteiger partial charge in [-0.3, -0.25) is 0 Å². The van der Waals surface area contributed by atoms with E-state index in [1.165, 1.54) is 38.5 Å². The van der Waals surface area contributed by atoms with Crippen molar-refractivity contribution in [3.63, 3.8) is 0 Å². The van der Waals surface area contributed by atoms with Crippen LogP contribution in [0.1, 0.15) is 142 Å². The molecule has 30 heavy (non-hydrogen) atoms. The summed E-state index contributed by atoms with van der Waals surface area (Å²) in [6, 6.07) is 0. The number of hydrogen-bond acceptors (Lipinski definition) is 4. The molecule has 4 nitrogen and oxygen atoms in total. The summed E-state index contributed by atoms with van der Waals surface area (Å²) in [5.41, 5.74) is 0. The molecule has 0 spiro atoms. The standard InChI is InChI=1S/C24H50O4S.K/c1-3-5-6-7-8-11-14-17-21-24(29(26,27)28)22-18-15-12-9-10-13-16-20-23(25)19-4-2;/h23-25H,3-22H2,1-2H3,(H,26,27,28);/q;+1/p-1. The van der Waals surface area contributed by atoms with Crippen LogP contribution in [-0.2, 0) is 10.1 Å². The summed E-state index contributed by atoms with van der Waals surface area (Å²) in [7, 11) is -4.16. The molecule has 1 N–H and O–H groups in total. The van der Waals surface area contributed by atoms with E-state index in [4.69, 9.17) is 0 Å². The van der Waals surface area contributed by atoms with Crippen LogP contribution in [0.25, 0.3) is 0 Å². The second-order valence-electron chi connectivity index (χ2n) is 8.87. The Labute approximate surface area is 230 Å². The van der Waals surface area contributed by atoms with Crippen molar-refractivity contribution in [2.75, 3.05) is 0 Å². The van der Waals surface area contributed by atoms with Crippen LogP contribution >= 0.6 is 0 Å². The first kappa shape index (κ1) is 33.7. The third-order valence-electron chi connectivity index (χ3n) is 5.97. The van der Waals surface area contributed by atoms with Crippen LogP contribution in [0.4, 0.5) is 0 Å². The average Bonchev–Trinajstić information content (AvgIpc) is 2.66. The molecular weight excluding hydrogens is 423 g/mol. The van der Waals surface area contributed by atoms with Gasteiger partial charge in [0, 0.05) is 5.25 Å². The monoisotopic (exact) mass is 472 g/mol. The van der Waals surface area contributed by atoms with Crippen LogP contribution in [0.2, 0.25) is 0 Å². The van der Waals surface area contributed by atoms with Crippen molar-refractivity contribution < 1.29 is 69.5 Å². The molecule has 0 saturated carbocycles. The summed E-state index contributed by atoms with van der Waals surface area (Å²) >= 11 is 0. The number of hydrogen-bond donors (Lipinski definition) is 1. The van der Waals surface area contributed by atoms with Gasteiger partial charge in [0.15, 0.2) is 0 Å². The molecular formula is C24H49KO4S. The van der Waals surface area contributed by atoms with Crippen LogP contribution in [0.3, 0.4) is 0 Å². The number of rotatable bonds is 22. The predicted molar refractivity (Wildman–Crippen MR) is 123 cm³/mol. The minimum absolute atomic E-state index is 0. The van der Waals surface area contributed by atoms with Crippen molar-refractivity contribution in [3.05, 3.63) is 0 Å². The van der Waals surface area contributed by atoms with Gasteiger partial charge in [-0.2, -0.15) is 0 Å². The van der Waals surface area contributed by atoms with Gasteiger partial charge in [-0.1, -0.05) is 117 Å². The molecule has 0 rings (SSSR count). The molecule has 0 amide bonds. The zero-order valence-corrected chi connectivity index (χ0v) is 24.3. The summed E-state index contributed by atoms with van der Waals surface area (Å²) < 4.78 is 34.6.